The fraction of sp³-hybridized carbons (Fsp3) is 0.579. The smallest absolute Gasteiger partial charge is 0.307 e. The Morgan fingerprint density at radius 3 is 2.26 bits per heavy atom. The number of carbonyl (C=O) groups is 2. The van der Waals surface area contributed by atoms with Crippen molar-refractivity contribution in [1.29, 1.82) is 0 Å². The van der Waals surface area contributed by atoms with E-state index >= 15 is 0 Å². The van der Waals surface area contributed by atoms with Gasteiger partial charge in [-0.05, 0) is 36.7 Å². The summed E-state index contributed by atoms with van der Waals surface area (Å²) in [4.78, 5) is 26.0. The van der Waals surface area contributed by atoms with Crippen LogP contribution < -0.4 is 0 Å². The van der Waals surface area contributed by atoms with E-state index in [1.54, 1.807) is 0 Å². The van der Waals surface area contributed by atoms with E-state index in [-0.39, 0.29) is 12.3 Å². The third kappa shape index (κ3) is 3.92. The van der Waals surface area contributed by atoms with E-state index < -0.39 is 11.9 Å². The maximum atomic E-state index is 12.6. The third-order valence-electron chi connectivity index (χ3n) is 5.42. The van der Waals surface area contributed by atoms with E-state index in [9.17, 15) is 14.7 Å². The van der Waals surface area contributed by atoms with Crippen molar-refractivity contribution in [2.75, 3.05) is 13.1 Å². The van der Waals surface area contributed by atoms with Gasteiger partial charge < -0.3 is 10.0 Å². The predicted octanol–water partition coefficient (Wildman–Crippen LogP) is 2.97. The number of carbonyl (C=O) groups excluding carboxylic acids is 1. The lowest BCUT2D eigenvalue weighted by Gasteiger charge is -2.22. The second-order valence-electron chi connectivity index (χ2n) is 7.03. The molecule has 0 radical (unpaired) electrons. The van der Waals surface area contributed by atoms with Gasteiger partial charge in [0, 0.05) is 19.5 Å². The standard InChI is InChI=1S/C19H25NO3/c21-18(20-12-15-8-4-5-9-16(15)13-20)11-17(19(22)23)10-14-6-2-1-3-7-14/h1-3,6-7,15-17H,4-5,8-13H2,(H,22,23)/t15-,16-,17?/m0/s1. The van der Waals surface area contributed by atoms with Gasteiger partial charge in [0.25, 0.3) is 0 Å². The molecular formula is C19H25NO3. The SMILES string of the molecule is O=C(O)C(CC(=O)N1C[C@@H]2CCCC[C@H]2C1)Cc1ccccc1. The van der Waals surface area contributed by atoms with Crippen molar-refractivity contribution in [2.45, 2.75) is 38.5 Å². The molecule has 0 spiro atoms. The zero-order chi connectivity index (χ0) is 16.2. The number of nitrogens with zero attached hydrogens (tertiary/aromatic N) is 1. The third-order valence-corrected chi connectivity index (χ3v) is 5.42. The molecule has 124 valence electrons. The summed E-state index contributed by atoms with van der Waals surface area (Å²) in [5.41, 5.74) is 0.975. The Bertz CT molecular complexity index is 543. The zero-order valence-corrected chi connectivity index (χ0v) is 13.5. The minimum atomic E-state index is -0.876. The van der Waals surface area contributed by atoms with Crippen LogP contribution in [0.4, 0.5) is 0 Å². The van der Waals surface area contributed by atoms with Crippen molar-refractivity contribution in [1.82, 2.24) is 4.90 Å². The molecule has 1 aliphatic heterocycles. The van der Waals surface area contributed by atoms with Gasteiger partial charge in [-0.1, -0.05) is 43.2 Å². The molecule has 1 aromatic rings. The lowest BCUT2D eigenvalue weighted by molar-refractivity contribution is -0.145. The summed E-state index contributed by atoms with van der Waals surface area (Å²) in [6, 6.07) is 9.56. The molecule has 2 aliphatic rings. The number of amides is 1. The van der Waals surface area contributed by atoms with Crippen LogP contribution in [0.25, 0.3) is 0 Å². The summed E-state index contributed by atoms with van der Waals surface area (Å²) < 4.78 is 0. The minimum absolute atomic E-state index is 0.0164. The first-order valence-corrected chi connectivity index (χ1v) is 8.68. The van der Waals surface area contributed by atoms with Gasteiger partial charge in [0.2, 0.25) is 5.91 Å². The molecule has 2 fully saturated rings. The Hall–Kier alpha value is -1.84. The zero-order valence-electron chi connectivity index (χ0n) is 13.5. The average molecular weight is 315 g/mol. The Kier molecular flexibility index (Phi) is 4.99. The fourth-order valence-electron chi connectivity index (χ4n) is 4.09. The first-order valence-electron chi connectivity index (χ1n) is 8.68. The number of fused-ring (bicyclic) bond motifs is 1. The highest BCUT2D eigenvalue weighted by Crippen LogP contribution is 2.36. The maximum Gasteiger partial charge on any atom is 0.307 e. The number of likely N-dealkylation sites (tertiary alicyclic amines) is 1. The van der Waals surface area contributed by atoms with Gasteiger partial charge in [-0.15, -0.1) is 0 Å². The molecule has 1 unspecified atom stereocenters. The minimum Gasteiger partial charge on any atom is -0.481 e. The number of benzene rings is 1. The monoisotopic (exact) mass is 315 g/mol. The van der Waals surface area contributed by atoms with Crippen molar-refractivity contribution < 1.29 is 14.7 Å². The molecule has 1 N–H and O–H groups in total. The van der Waals surface area contributed by atoms with Gasteiger partial charge in [0.15, 0.2) is 0 Å². The van der Waals surface area contributed by atoms with Crippen molar-refractivity contribution in [3.05, 3.63) is 35.9 Å². The molecule has 3 atom stereocenters. The van der Waals surface area contributed by atoms with Gasteiger partial charge in [-0.25, -0.2) is 0 Å². The summed E-state index contributed by atoms with van der Waals surface area (Å²) >= 11 is 0. The first-order chi connectivity index (χ1) is 11.1. The summed E-state index contributed by atoms with van der Waals surface area (Å²) in [6.45, 7) is 1.67. The van der Waals surface area contributed by atoms with E-state index in [0.717, 1.165) is 18.7 Å². The molecule has 0 aromatic heterocycles. The maximum absolute atomic E-state index is 12.6. The molecule has 1 saturated carbocycles. The van der Waals surface area contributed by atoms with E-state index in [1.165, 1.54) is 25.7 Å². The Balaban J connectivity index is 1.59. The van der Waals surface area contributed by atoms with Crippen molar-refractivity contribution in [3.63, 3.8) is 0 Å². The molecule has 1 aromatic carbocycles. The summed E-state index contributed by atoms with van der Waals surface area (Å²) in [7, 11) is 0. The number of hydrogen-bond acceptors (Lipinski definition) is 2. The van der Waals surface area contributed by atoms with Gasteiger partial charge in [-0.2, -0.15) is 0 Å². The van der Waals surface area contributed by atoms with Crippen LogP contribution in [0, 0.1) is 17.8 Å². The first kappa shape index (κ1) is 16.0. The molecule has 1 saturated heterocycles. The molecule has 1 heterocycles. The van der Waals surface area contributed by atoms with Gasteiger partial charge in [-0.3, -0.25) is 9.59 Å². The second-order valence-corrected chi connectivity index (χ2v) is 7.03. The molecular weight excluding hydrogens is 290 g/mol. The van der Waals surface area contributed by atoms with Crippen LogP contribution >= 0.6 is 0 Å². The Labute approximate surface area is 137 Å². The van der Waals surface area contributed by atoms with E-state index in [1.807, 2.05) is 35.2 Å². The van der Waals surface area contributed by atoms with Gasteiger partial charge >= 0.3 is 5.97 Å². The van der Waals surface area contributed by atoms with Crippen LogP contribution in [0.5, 0.6) is 0 Å². The van der Waals surface area contributed by atoms with Gasteiger partial charge in [0.1, 0.15) is 0 Å². The van der Waals surface area contributed by atoms with Crippen LogP contribution in [0.3, 0.4) is 0 Å². The normalized spacial score (nSPS) is 25.0. The lowest BCUT2D eigenvalue weighted by Crippen LogP contribution is -2.33. The highest BCUT2D eigenvalue weighted by molar-refractivity contribution is 5.82. The van der Waals surface area contributed by atoms with Crippen LogP contribution in [0.2, 0.25) is 0 Å². The molecule has 1 aliphatic carbocycles. The van der Waals surface area contributed by atoms with Crippen molar-refractivity contribution in [3.8, 4) is 0 Å². The topological polar surface area (TPSA) is 57.6 Å². The van der Waals surface area contributed by atoms with Crippen LogP contribution in [0.1, 0.15) is 37.7 Å². The largest absolute Gasteiger partial charge is 0.481 e. The summed E-state index contributed by atoms with van der Waals surface area (Å²) in [5.74, 6) is -0.204. The number of rotatable bonds is 5. The van der Waals surface area contributed by atoms with Crippen LogP contribution in [-0.4, -0.2) is 35.0 Å². The number of hydrogen-bond donors (Lipinski definition) is 1. The van der Waals surface area contributed by atoms with E-state index in [4.69, 9.17) is 0 Å². The second kappa shape index (κ2) is 7.16. The number of carboxylic acid groups (broad SMARTS) is 1. The fourth-order valence-corrected chi connectivity index (χ4v) is 4.09. The quantitative estimate of drug-likeness (QED) is 0.909. The van der Waals surface area contributed by atoms with Crippen LogP contribution in [-0.2, 0) is 16.0 Å². The van der Waals surface area contributed by atoms with Gasteiger partial charge in [0.05, 0.1) is 5.92 Å². The molecule has 0 bridgehead atoms. The van der Waals surface area contributed by atoms with Crippen molar-refractivity contribution in [2.24, 2.45) is 17.8 Å². The summed E-state index contributed by atoms with van der Waals surface area (Å²) in [6.07, 6.45) is 5.53. The lowest BCUT2D eigenvalue weighted by atomic mass is 9.82. The molecule has 4 nitrogen and oxygen atoms in total. The molecule has 4 heteroatoms. The van der Waals surface area contributed by atoms with E-state index in [2.05, 4.69) is 0 Å². The highest BCUT2D eigenvalue weighted by Gasteiger charge is 2.37. The molecule has 1 amide bonds. The average Bonchev–Trinajstić information content (AvgIpc) is 2.99. The summed E-state index contributed by atoms with van der Waals surface area (Å²) in [5, 5.41) is 9.46. The predicted molar refractivity (Wildman–Crippen MR) is 87.9 cm³/mol. The van der Waals surface area contributed by atoms with Crippen molar-refractivity contribution >= 4 is 11.9 Å². The Morgan fingerprint density at radius 2 is 1.70 bits per heavy atom. The molecule has 3 rings (SSSR count). The Morgan fingerprint density at radius 1 is 1.09 bits per heavy atom. The highest BCUT2D eigenvalue weighted by atomic mass is 16.4. The number of aliphatic carboxylic acids is 1. The van der Waals surface area contributed by atoms with E-state index in [0.29, 0.717) is 18.3 Å². The molecule has 23 heavy (non-hydrogen) atoms. The number of carboxylic acids is 1. The van der Waals surface area contributed by atoms with Crippen LogP contribution in [0.15, 0.2) is 30.3 Å².